The second-order valence-electron chi connectivity index (χ2n) is 5.60. The minimum Gasteiger partial charge on any atom is -0.496 e. The Labute approximate surface area is 131 Å². The standard InChI is InChI=1S/C16H26N2O2S/c1-12(2)18-16(3,15(17)19)10-7-11-21-14-9-6-5-8-13(14)20-4/h5-6,8-9,12,18H,7,10-11H2,1-4H3,(H2,17,19). The van der Waals surface area contributed by atoms with Crippen LogP contribution in [0.4, 0.5) is 0 Å². The van der Waals surface area contributed by atoms with Crippen LogP contribution in [0.2, 0.25) is 0 Å². The molecule has 1 unspecified atom stereocenters. The first-order valence-electron chi connectivity index (χ1n) is 7.22. The van der Waals surface area contributed by atoms with Crippen LogP contribution in [0.1, 0.15) is 33.6 Å². The van der Waals surface area contributed by atoms with E-state index >= 15 is 0 Å². The fourth-order valence-electron chi connectivity index (χ4n) is 2.25. The van der Waals surface area contributed by atoms with Crippen LogP contribution in [0, 0.1) is 0 Å². The highest BCUT2D eigenvalue weighted by molar-refractivity contribution is 7.99. The van der Waals surface area contributed by atoms with Crippen molar-refractivity contribution in [2.45, 2.75) is 50.1 Å². The summed E-state index contributed by atoms with van der Waals surface area (Å²) in [6.07, 6.45) is 1.63. The molecule has 1 amide bonds. The van der Waals surface area contributed by atoms with Crippen molar-refractivity contribution >= 4 is 17.7 Å². The molecule has 3 N–H and O–H groups in total. The van der Waals surface area contributed by atoms with Gasteiger partial charge in [-0.1, -0.05) is 12.1 Å². The SMILES string of the molecule is COc1ccccc1SCCCC(C)(NC(C)C)C(N)=O. The summed E-state index contributed by atoms with van der Waals surface area (Å²) in [5, 5.41) is 3.27. The third kappa shape index (κ3) is 5.59. The maximum absolute atomic E-state index is 11.7. The number of benzene rings is 1. The Hall–Kier alpha value is -1.20. The quantitative estimate of drug-likeness (QED) is 0.544. The summed E-state index contributed by atoms with van der Waals surface area (Å²) in [5.41, 5.74) is 4.89. The molecule has 0 aromatic heterocycles. The van der Waals surface area contributed by atoms with Gasteiger partial charge in [0.15, 0.2) is 0 Å². The number of para-hydroxylation sites is 1. The third-order valence-corrected chi connectivity index (χ3v) is 4.44. The molecule has 0 aliphatic heterocycles. The average molecular weight is 310 g/mol. The number of amides is 1. The molecular weight excluding hydrogens is 284 g/mol. The Balaban J connectivity index is 2.50. The lowest BCUT2D eigenvalue weighted by Crippen LogP contribution is -2.55. The normalized spacial score (nSPS) is 14.0. The van der Waals surface area contributed by atoms with Crippen molar-refractivity contribution in [2.75, 3.05) is 12.9 Å². The topological polar surface area (TPSA) is 64.3 Å². The summed E-state index contributed by atoms with van der Waals surface area (Å²) >= 11 is 1.74. The molecule has 4 nitrogen and oxygen atoms in total. The summed E-state index contributed by atoms with van der Waals surface area (Å²) in [5.74, 6) is 1.52. The van der Waals surface area contributed by atoms with Gasteiger partial charge in [-0.3, -0.25) is 4.79 Å². The van der Waals surface area contributed by atoms with Crippen LogP contribution in [0.3, 0.4) is 0 Å². The number of carbonyl (C=O) groups is 1. The van der Waals surface area contributed by atoms with Crippen LogP contribution in [0.15, 0.2) is 29.2 Å². The highest BCUT2D eigenvalue weighted by Gasteiger charge is 2.30. The zero-order valence-electron chi connectivity index (χ0n) is 13.3. The number of primary amides is 1. The maximum Gasteiger partial charge on any atom is 0.237 e. The molecular formula is C16H26N2O2S. The van der Waals surface area contributed by atoms with Crippen molar-refractivity contribution in [3.05, 3.63) is 24.3 Å². The number of methoxy groups -OCH3 is 1. The first-order chi connectivity index (χ1) is 9.89. The van der Waals surface area contributed by atoms with Gasteiger partial charge in [0.05, 0.1) is 12.6 Å². The van der Waals surface area contributed by atoms with Gasteiger partial charge >= 0.3 is 0 Å². The number of thioether (sulfide) groups is 1. The number of ether oxygens (including phenoxy) is 1. The third-order valence-electron chi connectivity index (χ3n) is 3.30. The monoisotopic (exact) mass is 310 g/mol. The van der Waals surface area contributed by atoms with Crippen molar-refractivity contribution in [1.82, 2.24) is 5.32 Å². The van der Waals surface area contributed by atoms with Crippen LogP contribution in [0.25, 0.3) is 0 Å². The molecule has 0 radical (unpaired) electrons. The van der Waals surface area contributed by atoms with Crippen LogP contribution < -0.4 is 15.8 Å². The zero-order valence-corrected chi connectivity index (χ0v) is 14.1. The predicted molar refractivity (Wildman–Crippen MR) is 88.8 cm³/mol. The molecule has 0 saturated heterocycles. The van der Waals surface area contributed by atoms with E-state index < -0.39 is 5.54 Å². The first-order valence-corrected chi connectivity index (χ1v) is 8.21. The zero-order chi connectivity index (χ0) is 15.9. The number of rotatable bonds is 9. The number of hydrogen-bond donors (Lipinski definition) is 2. The minimum absolute atomic E-state index is 0.226. The van der Waals surface area contributed by atoms with Crippen LogP contribution in [-0.4, -0.2) is 30.4 Å². The summed E-state index contributed by atoms with van der Waals surface area (Å²) in [4.78, 5) is 12.8. The Morgan fingerprint density at radius 3 is 2.67 bits per heavy atom. The molecule has 1 aromatic carbocycles. The summed E-state index contributed by atoms with van der Waals surface area (Å²) < 4.78 is 5.33. The molecule has 0 heterocycles. The van der Waals surface area contributed by atoms with E-state index in [4.69, 9.17) is 10.5 Å². The van der Waals surface area contributed by atoms with Gasteiger partial charge < -0.3 is 15.8 Å². The summed E-state index contributed by atoms with van der Waals surface area (Å²) in [6, 6.07) is 8.18. The smallest absolute Gasteiger partial charge is 0.237 e. The summed E-state index contributed by atoms with van der Waals surface area (Å²) in [6.45, 7) is 5.92. The molecule has 0 spiro atoms. The van der Waals surface area contributed by atoms with Gasteiger partial charge in [0.25, 0.3) is 0 Å². The van der Waals surface area contributed by atoms with Crippen LogP contribution in [-0.2, 0) is 4.79 Å². The first kappa shape index (κ1) is 17.9. The van der Waals surface area contributed by atoms with Crippen molar-refractivity contribution in [2.24, 2.45) is 5.73 Å². The maximum atomic E-state index is 11.7. The van der Waals surface area contributed by atoms with Gasteiger partial charge in [-0.2, -0.15) is 0 Å². The van der Waals surface area contributed by atoms with E-state index in [9.17, 15) is 4.79 Å². The second kappa shape index (κ2) is 8.29. The highest BCUT2D eigenvalue weighted by Crippen LogP contribution is 2.29. The molecule has 1 aromatic rings. The van der Waals surface area contributed by atoms with E-state index in [1.807, 2.05) is 45.0 Å². The van der Waals surface area contributed by atoms with Crippen LogP contribution >= 0.6 is 11.8 Å². The van der Waals surface area contributed by atoms with Gasteiger partial charge in [0, 0.05) is 10.9 Å². The van der Waals surface area contributed by atoms with Crippen molar-refractivity contribution in [3.8, 4) is 5.75 Å². The van der Waals surface area contributed by atoms with Gasteiger partial charge in [-0.25, -0.2) is 0 Å². The van der Waals surface area contributed by atoms with Crippen molar-refractivity contribution in [1.29, 1.82) is 0 Å². The molecule has 1 atom stereocenters. The highest BCUT2D eigenvalue weighted by atomic mass is 32.2. The van der Waals surface area contributed by atoms with Gasteiger partial charge in [0.2, 0.25) is 5.91 Å². The molecule has 0 saturated carbocycles. The number of carbonyl (C=O) groups excluding carboxylic acids is 1. The molecule has 5 heteroatoms. The number of hydrogen-bond acceptors (Lipinski definition) is 4. The van der Waals surface area contributed by atoms with E-state index in [2.05, 4.69) is 5.32 Å². The molecule has 21 heavy (non-hydrogen) atoms. The fraction of sp³-hybridized carbons (Fsp3) is 0.562. The number of nitrogens with two attached hydrogens (primary N) is 1. The second-order valence-corrected chi connectivity index (χ2v) is 6.74. The molecule has 0 aliphatic carbocycles. The van der Waals surface area contributed by atoms with Crippen molar-refractivity contribution < 1.29 is 9.53 Å². The largest absolute Gasteiger partial charge is 0.496 e. The fourth-order valence-corrected chi connectivity index (χ4v) is 3.23. The van der Waals surface area contributed by atoms with Crippen LogP contribution in [0.5, 0.6) is 5.75 Å². The molecule has 0 bridgehead atoms. The Kier molecular flexibility index (Phi) is 7.05. The Morgan fingerprint density at radius 2 is 2.10 bits per heavy atom. The van der Waals surface area contributed by atoms with Gasteiger partial charge in [0.1, 0.15) is 5.75 Å². The Morgan fingerprint density at radius 1 is 1.43 bits per heavy atom. The molecule has 0 aliphatic rings. The lowest BCUT2D eigenvalue weighted by molar-refractivity contribution is -0.124. The average Bonchev–Trinajstić information content (AvgIpc) is 2.43. The Bertz CT molecular complexity index is 465. The van der Waals surface area contributed by atoms with Gasteiger partial charge in [-0.15, -0.1) is 11.8 Å². The van der Waals surface area contributed by atoms with Gasteiger partial charge in [-0.05, 0) is 51.5 Å². The van der Waals surface area contributed by atoms with E-state index in [1.165, 1.54) is 0 Å². The van der Waals surface area contributed by atoms with E-state index in [1.54, 1.807) is 18.9 Å². The van der Waals surface area contributed by atoms with Crippen molar-refractivity contribution in [3.63, 3.8) is 0 Å². The molecule has 0 fully saturated rings. The lowest BCUT2D eigenvalue weighted by Gasteiger charge is -2.29. The minimum atomic E-state index is -0.643. The summed E-state index contributed by atoms with van der Waals surface area (Å²) in [7, 11) is 1.68. The predicted octanol–water partition coefficient (Wildman–Crippen LogP) is 2.81. The lowest BCUT2D eigenvalue weighted by atomic mass is 9.94. The molecule has 1 rings (SSSR count). The van der Waals surface area contributed by atoms with E-state index in [0.29, 0.717) is 0 Å². The molecule has 118 valence electrons. The van der Waals surface area contributed by atoms with E-state index in [-0.39, 0.29) is 11.9 Å². The number of nitrogens with one attached hydrogen (secondary N) is 1. The van der Waals surface area contributed by atoms with E-state index in [0.717, 1.165) is 29.2 Å².